The van der Waals surface area contributed by atoms with E-state index in [1.54, 1.807) is 0 Å². The van der Waals surface area contributed by atoms with Gasteiger partial charge in [0.25, 0.3) is 0 Å². The number of nitrogens with zero attached hydrogens (tertiary/aromatic N) is 1. The summed E-state index contributed by atoms with van der Waals surface area (Å²) in [4.78, 5) is 2.42. The standard InChI is InChI=1S/C47H45NO/c1-45(2,3)32-26-41(46(4,5)6)44-38-28-34(22-24-42(38)49-43(44)27-32)48(33-18-14-17-31(25-33)30-15-10-9-11-16-30)35-21-23-37-36-19-12-13-20-39(36)47(7,8)40(37)29-35/h9-29H,1-8H3. The van der Waals surface area contributed by atoms with E-state index in [1.807, 2.05) is 0 Å². The molecule has 1 aromatic heterocycles. The van der Waals surface area contributed by atoms with Crippen LogP contribution in [0.25, 0.3) is 44.2 Å². The molecule has 49 heavy (non-hydrogen) atoms. The largest absolute Gasteiger partial charge is 0.456 e. The summed E-state index contributed by atoms with van der Waals surface area (Å²) in [7, 11) is 0. The third-order valence-corrected chi connectivity index (χ3v) is 10.5. The van der Waals surface area contributed by atoms with Gasteiger partial charge in [-0.2, -0.15) is 0 Å². The summed E-state index contributed by atoms with van der Waals surface area (Å²) in [5.74, 6) is 0. The van der Waals surface area contributed by atoms with Crippen LogP contribution in [0.5, 0.6) is 0 Å². The topological polar surface area (TPSA) is 16.4 Å². The summed E-state index contributed by atoms with van der Waals surface area (Å²) in [6, 6.07) is 46.9. The van der Waals surface area contributed by atoms with Crippen LogP contribution in [-0.2, 0) is 16.2 Å². The van der Waals surface area contributed by atoms with Gasteiger partial charge in [0.2, 0.25) is 0 Å². The Kier molecular flexibility index (Phi) is 6.99. The molecule has 1 aliphatic rings. The molecule has 0 atom stereocenters. The zero-order valence-electron chi connectivity index (χ0n) is 30.0. The molecule has 1 heterocycles. The first kappa shape index (κ1) is 31.2. The zero-order valence-corrected chi connectivity index (χ0v) is 30.0. The highest BCUT2D eigenvalue weighted by Gasteiger charge is 2.36. The molecule has 0 radical (unpaired) electrons. The van der Waals surface area contributed by atoms with E-state index in [4.69, 9.17) is 4.42 Å². The van der Waals surface area contributed by atoms with Crippen LogP contribution in [-0.4, -0.2) is 0 Å². The molecule has 0 fully saturated rings. The van der Waals surface area contributed by atoms with Crippen molar-refractivity contribution in [3.63, 3.8) is 0 Å². The summed E-state index contributed by atoms with van der Waals surface area (Å²) >= 11 is 0. The lowest BCUT2D eigenvalue weighted by Crippen LogP contribution is -2.17. The third-order valence-electron chi connectivity index (χ3n) is 10.5. The van der Waals surface area contributed by atoms with Gasteiger partial charge in [0.05, 0.1) is 0 Å². The number of fused-ring (bicyclic) bond motifs is 6. The van der Waals surface area contributed by atoms with Crippen LogP contribution in [0.1, 0.15) is 77.6 Å². The Morgan fingerprint density at radius 1 is 0.510 bits per heavy atom. The van der Waals surface area contributed by atoms with Crippen molar-refractivity contribution in [2.75, 3.05) is 4.90 Å². The second kappa shape index (κ2) is 11.0. The van der Waals surface area contributed by atoms with Crippen LogP contribution >= 0.6 is 0 Å². The first-order valence-electron chi connectivity index (χ1n) is 17.5. The highest BCUT2D eigenvalue weighted by Crippen LogP contribution is 2.51. The second-order valence-electron chi connectivity index (χ2n) is 16.3. The number of furan rings is 1. The van der Waals surface area contributed by atoms with Crippen molar-refractivity contribution in [1.29, 1.82) is 0 Å². The molecule has 6 aromatic carbocycles. The molecule has 1 aliphatic carbocycles. The third kappa shape index (κ3) is 5.17. The van der Waals surface area contributed by atoms with E-state index in [9.17, 15) is 0 Å². The van der Waals surface area contributed by atoms with E-state index < -0.39 is 0 Å². The van der Waals surface area contributed by atoms with Gasteiger partial charge in [0, 0.05) is 33.2 Å². The lowest BCUT2D eigenvalue weighted by atomic mass is 9.79. The van der Waals surface area contributed by atoms with Crippen LogP contribution in [0, 0.1) is 0 Å². The van der Waals surface area contributed by atoms with Gasteiger partial charge < -0.3 is 9.32 Å². The van der Waals surface area contributed by atoms with Crippen LogP contribution < -0.4 is 4.90 Å². The molecular formula is C47H45NO. The molecule has 2 nitrogen and oxygen atoms in total. The van der Waals surface area contributed by atoms with Crippen molar-refractivity contribution < 1.29 is 4.42 Å². The quantitative estimate of drug-likeness (QED) is 0.191. The van der Waals surface area contributed by atoms with E-state index in [0.29, 0.717) is 0 Å². The number of rotatable bonds is 4. The maximum absolute atomic E-state index is 6.65. The van der Waals surface area contributed by atoms with Gasteiger partial charge in [0.1, 0.15) is 11.2 Å². The highest BCUT2D eigenvalue weighted by atomic mass is 16.3. The second-order valence-corrected chi connectivity index (χ2v) is 16.3. The summed E-state index contributed by atoms with van der Waals surface area (Å²) in [5, 5.41) is 2.36. The molecule has 0 bridgehead atoms. The lowest BCUT2D eigenvalue weighted by Gasteiger charge is -2.28. The van der Waals surface area contributed by atoms with Gasteiger partial charge in [-0.1, -0.05) is 134 Å². The zero-order chi connectivity index (χ0) is 34.3. The van der Waals surface area contributed by atoms with Crippen molar-refractivity contribution >= 4 is 39.0 Å². The lowest BCUT2D eigenvalue weighted by molar-refractivity contribution is 0.569. The van der Waals surface area contributed by atoms with Crippen molar-refractivity contribution in [2.24, 2.45) is 0 Å². The number of hydrogen-bond acceptors (Lipinski definition) is 2. The number of hydrogen-bond donors (Lipinski definition) is 0. The summed E-state index contributed by atoms with van der Waals surface area (Å²) in [5.41, 5.74) is 15.5. The average molecular weight is 640 g/mol. The summed E-state index contributed by atoms with van der Waals surface area (Å²) in [6.07, 6.45) is 0. The summed E-state index contributed by atoms with van der Waals surface area (Å²) < 4.78 is 6.65. The Morgan fingerprint density at radius 3 is 1.92 bits per heavy atom. The molecule has 244 valence electrons. The number of anilines is 3. The summed E-state index contributed by atoms with van der Waals surface area (Å²) in [6.45, 7) is 18.5. The fourth-order valence-electron chi connectivity index (χ4n) is 7.79. The normalized spacial score (nSPS) is 13.9. The fraction of sp³-hybridized carbons (Fsp3) is 0.234. The smallest absolute Gasteiger partial charge is 0.136 e. The van der Waals surface area contributed by atoms with Gasteiger partial charge in [-0.25, -0.2) is 0 Å². The minimum Gasteiger partial charge on any atom is -0.456 e. The molecule has 0 spiro atoms. The van der Waals surface area contributed by atoms with E-state index in [-0.39, 0.29) is 16.2 Å². The van der Waals surface area contributed by atoms with Crippen LogP contribution in [0.4, 0.5) is 17.1 Å². The Hall–Kier alpha value is -5.08. The van der Waals surface area contributed by atoms with Gasteiger partial charge in [-0.15, -0.1) is 0 Å². The molecule has 0 amide bonds. The monoisotopic (exact) mass is 639 g/mol. The van der Waals surface area contributed by atoms with Gasteiger partial charge >= 0.3 is 0 Å². The van der Waals surface area contributed by atoms with Gasteiger partial charge in [-0.05, 0) is 104 Å². The van der Waals surface area contributed by atoms with Gasteiger partial charge in [-0.3, -0.25) is 0 Å². The molecule has 0 unspecified atom stereocenters. The maximum Gasteiger partial charge on any atom is 0.136 e. The first-order chi connectivity index (χ1) is 23.3. The Bertz CT molecular complexity index is 2380. The van der Waals surface area contributed by atoms with Crippen molar-refractivity contribution in [3.05, 3.63) is 150 Å². The van der Waals surface area contributed by atoms with Crippen LogP contribution in [0.2, 0.25) is 0 Å². The Morgan fingerprint density at radius 2 is 1.16 bits per heavy atom. The molecule has 0 saturated heterocycles. The van der Waals surface area contributed by atoms with Crippen LogP contribution in [0.3, 0.4) is 0 Å². The fourth-order valence-corrected chi connectivity index (χ4v) is 7.79. The Labute approximate surface area is 291 Å². The minimum atomic E-state index is -0.101. The molecule has 7 aromatic rings. The predicted octanol–water partition coefficient (Wildman–Crippen LogP) is 13.6. The predicted molar refractivity (Wildman–Crippen MR) is 209 cm³/mol. The Balaban J connectivity index is 1.37. The van der Waals surface area contributed by atoms with Crippen LogP contribution in [0.15, 0.2) is 132 Å². The maximum atomic E-state index is 6.65. The van der Waals surface area contributed by atoms with E-state index in [1.165, 1.54) is 49.9 Å². The molecule has 0 saturated carbocycles. The number of benzene rings is 6. The molecular weight excluding hydrogens is 595 g/mol. The average Bonchev–Trinajstić information content (AvgIpc) is 3.56. The van der Waals surface area contributed by atoms with E-state index in [2.05, 4.69) is 188 Å². The van der Waals surface area contributed by atoms with Crippen molar-refractivity contribution in [3.8, 4) is 22.3 Å². The van der Waals surface area contributed by atoms with Crippen molar-refractivity contribution in [2.45, 2.75) is 71.6 Å². The molecule has 8 rings (SSSR count). The highest BCUT2D eigenvalue weighted by molar-refractivity contribution is 6.09. The van der Waals surface area contributed by atoms with Gasteiger partial charge in [0.15, 0.2) is 0 Å². The van der Waals surface area contributed by atoms with E-state index in [0.717, 1.165) is 33.6 Å². The van der Waals surface area contributed by atoms with Crippen molar-refractivity contribution in [1.82, 2.24) is 0 Å². The minimum absolute atomic E-state index is 0.0138. The molecule has 2 heteroatoms. The molecule has 0 aliphatic heterocycles. The van der Waals surface area contributed by atoms with E-state index >= 15 is 0 Å². The first-order valence-corrected chi connectivity index (χ1v) is 17.5. The molecule has 0 N–H and O–H groups in total. The SMILES string of the molecule is CC(C)(C)c1cc(C(C)(C)C)c2c(c1)oc1ccc(N(c3cccc(-c4ccccc4)c3)c3ccc4c(c3)C(C)(C)c3ccccc3-4)cc12.